The van der Waals surface area contributed by atoms with Crippen LogP contribution in [0.2, 0.25) is 0 Å². The summed E-state index contributed by atoms with van der Waals surface area (Å²) in [4.78, 5) is 26.5. The number of rotatable bonds is 2. The van der Waals surface area contributed by atoms with Crippen LogP contribution in [0.15, 0.2) is 82.7 Å². The summed E-state index contributed by atoms with van der Waals surface area (Å²) in [5, 5.41) is 0. The SMILES string of the molecule is Cc1ccc(S(=O)(=O)c2c3c(n4ccccc24)C(=O)c2ccccc2C3=O)cc1. The molecule has 29 heavy (non-hydrogen) atoms. The summed E-state index contributed by atoms with van der Waals surface area (Å²) in [6.07, 6.45) is 1.61. The third-order valence-corrected chi connectivity index (χ3v) is 7.10. The molecule has 0 spiro atoms. The quantitative estimate of drug-likeness (QED) is 0.450. The lowest BCUT2D eigenvalue weighted by Gasteiger charge is -2.15. The summed E-state index contributed by atoms with van der Waals surface area (Å²) in [6, 6.07) is 18.0. The Balaban J connectivity index is 1.91. The van der Waals surface area contributed by atoms with E-state index in [-0.39, 0.29) is 38.0 Å². The van der Waals surface area contributed by atoms with E-state index in [2.05, 4.69) is 0 Å². The minimum absolute atomic E-state index is 0.0551. The van der Waals surface area contributed by atoms with Crippen LogP contribution >= 0.6 is 0 Å². The molecule has 1 aliphatic rings. The van der Waals surface area contributed by atoms with E-state index in [4.69, 9.17) is 0 Å². The second kappa shape index (κ2) is 5.99. The summed E-state index contributed by atoms with van der Waals surface area (Å²) >= 11 is 0. The van der Waals surface area contributed by atoms with Gasteiger partial charge >= 0.3 is 0 Å². The summed E-state index contributed by atoms with van der Waals surface area (Å²) in [7, 11) is -4.03. The molecule has 142 valence electrons. The average Bonchev–Trinajstić information content (AvgIpc) is 3.09. The Morgan fingerprint density at radius 1 is 0.759 bits per heavy atom. The van der Waals surface area contributed by atoms with Gasteiger partial charge in [-0.15, -0.1) is 0 Å². The second-order valence-corrected chi connectivity index (χ2v) is 8.92. The highest BCUT2D eigenvalue weighted by Crippen LogP contribution is 2.38. The molecule has 5 nitrogen and oxygen atoms in total. The fourth-order valence-corrected chi connectivity index (χ4v) is 5.49. The molecule has 0 unspecified atom stereocenters. The number of aromatic nitrogens is 1. The van der Waals surface area contributed by atoms with Crippen LogP contribution in [0.25, 0.3) is 5.52 Å². The van der Waals surface area contributed by atoms with E-state index in [0.29, 0.717) is 5.52 Å². The number of hydrogen-bond donors (Lipinski definition) is 0. The van der Waals surface area contributed by atoms with Gasteiger partial charge < -0.3 is 4.40 Å². The van der Waals surface area contributed by atoms with Gasteiger partial charge in [-0.3, -0.25) is 9.59 Å². The molecule has 0 aliphatic heterocycles. The van der Waals surface area contributed by atoms with Gasteiger partial charge in [-0.2, -0.15) is 0 Å². The molecule has 0 radical (unpaired) electrons. The highest BCUT2D eigenvalue weighted by molar-refractivity contribution is 7.91. The zero-order valence-corrected chi connectivity index (χ0v) is 16.2. The maximum atomic E-state index is 13.6. The monoisotopic (exact) mass is 401 g/mol. The first kappa shape index (κ1) is 17.6. The normalized spacial score (nSPS) is 13.4. The number of aryl methyl sites for hydroxylation is 1. The van der Waals surface area contributed by atoms with Crippen molar-refractivity contribution in [1.82, 2.24) is 4.40 Å². The first-order valence-corrected chi connectivity index (χ1v) is 10.5. The zero-order chi connectivity index (χ0) is 20.3. The van der Waals surface area contributed by atoms with Gasteiger partial charge in [0.2, 0.25) is 15.6 Å². The van der Waals surface area contributed by atoms with Gasteiger partial charge in [0.05, 0.1) is 16.0 Å². The Morgan fingerprint density at radius 2 is 1.38 bits per heavy atom. The molecule has 2 aromatic heterocycles. The van der Waals surface area contributed by atoms with Crippen molar-refractivity contribution in [3.8, 4) is 0 Å². The fraction of sp³-hybridized carbons (Fsp3) is 0.0435. The molecular weight excluding hydrogens is 386 g/mol. The third-order valence-electron chi connectivity index (χ3n) is 5.26. The van der Waals surface area contributed by atoms with Crippen molar-refractivity contribution in [2.75, 3.05) is 0 Å². The molecule has 4 aromatic rings. The summed E-state index contributed by atoms with van der Waals surface area (Å²) in [5.74, 6) is -0.814. The van der Waals surface area contributed by atoms with Gasteiger partial charge in [0, 0.05) is 17.3 Å². The van der Waals surface area contributed by atoms with Crippen LogP contribution in [0, 0.1) is 6.92 Å². The smallest absolute Gasteiger partial charge is 0.211 e. The van der Waals surface area contributed by atoms with Crippen molar-refractivity contribution in [3.63, 3.8) is 0 Å². The number of hydrogen-bond acceptors (Lipinski definition) is 4. The minimum atomic E-state index is -4.03. The van der Waals surface area contributed by atoms with E-state index < -0.39 is 15.6 Å². The molecule has 2 aromatic carbocycles. The number of pyridine rings is 1. The maximum Gasteiger partial charge on any atom is 0.211 e. The van der Waals surface area contributed by atoms with Crippen molar-refractivity contribution in [1.29, 1.82) is 0 Å². The number of carbonyl (C=O) groups excluding carboxylic acids is 2. The molecule has 0 N–H and O–H groups in total. The van der Waals surface area contributed by atoms with Crippen LogP contribution in [-0.2, 0) is 9.84 Å². The van der Waals surface area contributed by atoms with Gasteiger partial charge in [-0.1, -0.05) is 48.0 Å². The zero-order valence-electron chi connectivity index (χ0n) is 15.4. The molecule has 0 saturated heterocycles. The highest BCUT2D eigenvalue weighted by atomic mass is 32.2. The number of carbonyl (C=O) groups is 2. The summed E-state index contributed by atoms with van der Waals surface area (Å²) < 4.78 is 28.7. The fourth-order valence-electron chi connectivity index (χ4n) is 3.86. The van der Waals surface area contributed by atoms with Gasteiger partial charge in [0.1, 0.15) is 10.6 Å². The van der Waals surface area contributed by atoms with Crippen LogP contribution in [0.3, 0.4) is 0 Å². The highest BCUT2D eigenvalue weighted by Gasteiger charge is 2.40. The standard InChI is InChI=1S/C23H15NO4S/c1-14-9-11-15(12-10-14)29(27,28)23-18-8-4-5-13-24(18)20-19(23)21(25)16-6-2-3-7-17(16)22(20)26/h2-13H,1H3. The van der Waals surface area contributed by atoms with E-state index in [0.717, 1.165) is 5.56 Å². The van der Waals surface area contributed by atoms with E-state index in [9.17, 15) is 18.0 Å². The molecule has 2 heterocycles. The second-order valence-electron chi connectivity index (χ2n) is 7.03. The predicted octanol–water partition coefficient (Wildman–Crippen LogP) is 3.86. The van der Waals surface area contributed by atoms with Gasteiger partial charge in [0.25, 0.3) is 0 Å². The number of ketones is 2. The predicted molar refractivity (Wildman–Crippen MR) is 107 cm³/mol. The number of fused-ring (bicyclic) bond motifs is 4. The van der Waals surface area contributed by atoms with Crippen molar-refractivity contribution in [2.45, 2.75) is 16.7 Å². The van der Waals surface area contributed by atoms with Gasteiger partial charge in [0.15, 0.2) is 5.78 Å². The van der Waals surface area contributed by atoms with E-state index in [1.54, 1.807) is 60.8 Å². The molecule has 0 amide bonds. The van der Waals surface area contributed by atoms with Crippen LogP contribution in [0.5, 0.6) is 0 Å². The number of nitrogens with zero attached hydrogens (tertiary/aromatic N) is 1. The Kier molecular flexibility index (Phi) is 3.63. The molecule has 0 saturated carbocycles. The Bertz CT molecular complexity index is 1440. The summed E-state index contributed by atoms with van der Waals surface area (Å²) in [6.45, 7) is 1.87. The molecular formula is C23H15NO4S. The van der Waals surface area contributed by atoms with E-state index >= 15 is 0 Å². The minimum Gasteiger partial charge on any atom is -0.312 e. The van der Waals surface area contributed by atoms with Crippen molar-refractivity contribution in [3.05, 3.63) is 101 Å². The molecule has 0 atom stereocenters. The molecule has 0 bridgehead atoms. The van der Waals surface area contributed by atoms with Crippen LogP contribution in [0.4, 0.5) is 0 Å². The number of benzene rings is 2. The first-order chi connectivity index (χ1) is 13.9. The largest absolute Gasteiger partial charge is 0.312 e. The Hall–Kier alpha value is -3.51. The van der Waals surface area contributed by atoms with Gasteiger partial charge in [-0.05, 0) is 31.2 Å². The maximum absolute atomic E-state index is 13.6. The van der Waals surface area contributed by atoms with E-state index in [1.807, 2.05) is 6.92 Å². The lowest BCUT2D eigenvalue weighted by Crippen LogP contribution is -2.22. The van der Waals surface area contributed by atoms with Crippen LogP contribution in [0.1, 0.15) is 37.5 Å². The van der Waals surface area contributed by atoms with Crippen molar-refractivity contribution < 1.29 is 18.0 Å². The molecule has 6 heteroatoms. The van der Waals surface area contributed by atoms with E-state index in [1.165, 1.54) is 16.5 Å². The Morgan fingerprint density at radius 3 is 2.07 bits per heavy atom. The molecule has 0 fully saturated rings. The lowest BCUT2D eigenvalue weighted by molar-refractivity contribution is 0.0974. The Labute approximate surface area is 167 Å². The summed E-state index contributed by atoms with van der Waals surface area (Å²) in [5.41, 5.74) is 1.78. The first-order valence-electron chi connectivity index (χ1n) is 9.04. The van der Waals surface area contributed by atoms with Crippen LogP contribution < -0.4 is 0 Å². The van der Waals surface area contributed by atoms with Crippen molar-refractivity contribution >= 4 is 26.9 Å². The van der Waals surface area contributed by atoms with Crippen LogP contribution in [-0.4, -0.2) is 24.4 Å². The number of sulfone groups is 1. The van der Waals surface area contributed by atoms with Gasteiger partial charge in [-0.25, -0.2) is 8.42 Å². The average molecular weight is 401 g/mol. The molecule has 1 aliphatic carbocycles. The molecule has 5 rings (SSSR count). The lowest BCUT2D eigenvalue weighted by atomic mass is 9.88. The van der Waals surface area contributed by atoms with Crippen molar-refractivity contribution in [2.24, 2.45) is 0 Å². The third kappa shape index (κ3) is 2.36. The topological polar surface area (TPSA) is 72.7 Å².